The van der Waals surface area contributed by atoms with Crippen LogP contribution >= 0.6 is 11.6 Å². The van der Waals surface area contributed by atoms with Crippen molar-refractivity contribution in [1.29, 1.82) is 0 Å². The molecule has 1 aliphatic rings. The Hall–Kier alpha value is -2.20. The molecule has 1 amide bonds. The summed E-state index contributed by atoms with van der Waals surface area (Å²) in [6, 6.07) is 12.0. The van der Waals surface area contributed by atoms with Crippen LogP contribution in [0.1, 0.15) is 10.4 Å². The lowest BCUT2D eigenvalue weighted by atomic mass is 10.2. The molecule has 0 spiro atoms. The number of ether oxygens (including phenoxy) is 2. The highest BCUT2D eigenvalue weighted by atomic mass is 35.5. The van der Waals surface area contributed by atoms with E-state index in [-0.39, 0.29) is 12.7 Å². The lowest BCUT2D eigenvalue weighted by molar-refractivity contribution is 0.102. The van der Waals surface area contributed by atoms with Gasteiger partial charge >= 0.3 is 0 Å². The van der Waals surface area contributed by atoms with Gasteiger partial charge in [-0.15, -0.1) is 0 Å². The molecule has 0 unspecified atom stereocenters. The normalized spacial score (nSPS) is 12.3. The molecule has 0 saturated carbocycles. The Morgan fingerprint density at radius 1 is 1.11 bits per heavy atom. The molecule has 0 atom stereocenters. The second-order valence-corrected chi connectivity index (χ2v) is 4.44. The van der Waals surface area contributed by atoms with Crippen molar-refractivity contribution in [3.63, 3.8) is 0 Å². The molecule has 0 aliphatic carbocycles. The SMILES string of the molecule is O=C(Nc1cccc2c1OCO2)c1ccc(Cl)cc1. The molecule has 1 aliphatic heterocycles. The van der Waals surface area contributed by atoms with E-state index in [1.165, 1.54) is 0 Å². The molecule has 0 bridgehead atoms. The van der Waals surface area contributed by atoms with Crippen molar-refractivity contribution in [1.82, 2.24) is 0 Å². The first kappa shape index (κ1) is 11.9. The zero-order valence-corrected chi connectivity index (χ0v) is 10.6. The predicted octanol–water partition coefficient (Wildman–Crippen LogP) is 3.32. The fourth-order valence-corrected chi connectivity index (χ4v) is 1.95. The van der Waals surface area contributed by atoms with Gasteiger partial charge in [-0.25, -0.2) is 0 Å². The predicted molar refractivity (Wildman–Crippen MR) is 72.0 cm³/mol. The van der Waals surface area contributed by atoms with Crippen molar-refractivity contribution in [2.75, 3.05) is 12.1 Å². The van der Waals surface area contributed by atoms with E-state index in [2.05, 4.69) is 5.32 Å². The number of para-hydroxylation sites is 1. The Bertz CT molecular complexity index is 625. The number of halogens is 1. The van der Waals surface area contributed by atoms with E-state index in [1.807, 2.05) is 0 Å². The van der Waals surface area contributed by atoms with Crippen LogP contribution in [0, 0.1) is 0 Å². The van der Waals surface area contributed by atoms with Gasteiger partial charge in [0.25, 0.3) is 5.91 Å². The van der Waals surface area contributed by atoms with Crippen molar-refractivity contribution < 1.29 is 14.3 Å². The van der Waals surface area contributed by atoms with Gasteiger partial charge in [0.05, 0.1) is 5.69 Å². The molecule has 3 rings (SSSR count). The number of fused-ring (bicyclic) bond motifs is 1. The second kappa shape index (κ2) is 4.82. The molecular weight excluding hydrogens is 266 g/mol. The first-order valence-electron chi connectivity index (χ1n) is 5.69. The Morgan fingerprint density at radius 2 is 1.89 bits per heavy atom. The van der Waals surface area contributed by atoms with Crippen molar-refractivity contribution in [2.45, 2.75) is 0 Å². The first-order chi connectivity index (χ1) is 9.24. The summed E-state index contributed by atoms with van der Waals surface area (Å²) in [5, 5.41) is 3.38. The fourth-order valence-electron chi connectivity index (χ4n) is 1.82. The number of anilines is 1. The lowest BCUT2D eigenvalue weighted by Crippen LogP contribution is -2.12. The molecule has 19 heavy (non-hydrogen) atoms. The monoisotopic (exact) mass is 275 g/mol. The quantitative estimate of drug-likeness (QED) is 0.914. The highest BCUT2D eigenvalue weighted by molar-refractivity contribution is 6.30. The maximum Gasteiger partial charge on any atom is 0.255 e. The fraction of sp³-hybridized carbons (Fsp3) is 0.0714. The molecule has 2 aromatic carbocycles. The summed E-state index contributed by atoms with van der Waals surface area (Å²) in [6.07, 6.45) is 0. The summed E-state index contributed by atoms with van der Waals surface area (Å²) in [6.45, 7) is 0.170. The van der Waals surface area contributed by atoms with E-state index >= 15 is 0 Å². The number of carbonyl (C=O) groups excluding carboxylic acids is 1. The zero-order valence-electron chi connectivity index (χ0n) is 9.85. The van der Waals surface area contributed by atoms with Crippen molar-refractivity contribution in [3.8, 4) is 11.5 Å². The number of amides is 1. The van der Waals surface area contributed by atoms with Crippen LogP contribution in [0.5, 0.6) is 11.5 Å². The number of hydrogen-bond acceptors (Lipinski definition) is 3. The first-order valence-corrected chi connectivity index (χ1v) is 6.07. The van der Waals surface area contributed by atoms with Crippen molar-refractivity contribution >= 4 is 23.2 Å². The number of benzene rings is 2. The van der Waals surface area contributed by atoms with Crippen LogP contribution in [0.3, 0.4) is 0 Å². The summed E-state index contributed by atoms with van der Waals surface area (Å²) in [4.78, 5) is 12.1. The van der Waals surface area contributed by atoms with E-state index in [0.29, 0.717) is 27.8 Å². The molecule has 0 aromatic heterocycles. The summed E-state index contributed by atoms with van der Waals surface area (Å²) in [5.41, 5.74) is 1.12. The lowest BCUT2D eigenvalue weighted by Gasteiger charge is -2.08. The topological polar surface area (TPSA) is 47.6 Å². The standard InChI is InChI=1S/C14H10ClNO3/c15-10-6-4-9(5-7-10)14(17)16-11-2-1-3-12-13(11)19-8-18-12/h1-7H,8H2,(H,16,17). The van der Waals surface area contributed by atoms with E-state index in [1.54, 1.807) is 42.5 Å². The minimum absolute atomic E-state index is 0.170. The van der Waals surface area contributed by atoms with Crippen molar-refractivity contribution in [3.05, 3.63) is 53.1 Å². The van der Waals surface area contributed by atoms with E-state index in [0.717, 1.165) is 0 Å². The molecule has 0 saturated heterocycles. The Morgan fingerprint density at radius 3 is 2.68 bits per heavy atom. The van der Waals surface area contributed by atoms with Crippen LogP contribution in [0.15, 0.2) is 42.5 Å². The van der Waals surface area contributed by atoms with E-state index < -0.39 is 0 Å². The highest BCUT2D eigenvalue weighted by Gasteiger charge is 2.18. The van der Waals surface area contributed by atoms with Crippen LogP contribution < -0.4 is 14.8 Å². The maximum atomic E-state index is 12.1. The van der Waals surface area contributed by atoms with Crippen LogP contribution in [0.4, 0.5) is 5.69 Å². The third kappa shape index (κ3) is 2.35. The van der Waals surface area contributed by atoms with Gasteiger partial charge in [0.15, 0.2) is 11.5 Å². The minimum Gasteiger partial charge on any atom is -0.454 e. The molecule has 96 valence electrons. The summed E-state index contributed by atoms with van der Waals surface area (Å²) in [5.74, 6) is 0.972. The average Bonchev–Trinajstić information content (AvgIpc) is 2.89. The molecule has 5 heteroatoms. The number of rotatable bonds is 2. The Kier molecular flexibility index (Phi) is 3.01. The third-order valence-corrected chi connectivity index (χ3v) is 3.00. The molecule has 4 nitrogen and oxygen atoms in total. The van der Waals surface area contributed by atoms with Crippen LogP contribution in [0.2, 0.25) is 5.02 Å². The van der Waals surface area contributed by atoms with Gasteiger partial charge in [-0.2, -0.15) is 0 Å². The molecule has 0 fully saturated rings. The van der Waals surface area contributed by atoms with Gasteiger partial charge in [0.2, 0.25) is 6.79 Å². The minimum atomic E-state index is -0.222. The zero-order chi connectivity index (χ0) is 13.2. The van der Waals surface area contributed by atoms with Gasteiger partial charge in [-0.05, 0) is 36.4 Å². The van der Waals surface area contributed by atoms with Gasteiger partial charge in [-0.1, -0.05) is 17.7 Å². The number of hydrogen-bond donors (Lipinski definition) is 1. The van der Waals surface area contributed by atoms with Crippen LogP contribution in [-0.4, -0.2) is 12.7 Å². The van der Waals surface area contributed by atoms with Crippen LogP contribution in [0.25, 0.3) is 0 Å². The van der Waals surface area contributed by atoms with E-state index in [4.69, 9.17) is 21.1 Å². The van der Waals surface area contributed by atoms with Crippen LogP contribution in [-0.2, 0) is 0 Å². The Balaban J connectivity index is 1.84. The molecule has 1 heterocycles. The number of carbonyl (C=O) groups is 1. The smallest absolute Gasteiger partial charge is 0.255 e. The van der Waals surface area contributed by atoms with Gasteiger partial charge in [0, 0.05) is 10.6 Å². The number of nitrogens with one attached hydrogen (secondary N) is 1. The summed E-state index contributed by atoms with van der Waals surface area (Å²) < 4.78 is 10.6. The molecule has 1 N–H and O–H groups in total. The van der Waals surface area contributed by atoms with E-state index in [9.17, 15) is 4.79 Å². The third-order valence-electron chi connectivity index (χ3n) is 2.75. The highest BCUT2D eigenvalue weighted by Crippen LogP contribution is 2.38. The average molecular weight is 276 g/mol. The summed E-state index contributed by atoms with van der Waals surface area (Å²) >= 11 is 5.79. The maximum absolute atomic E-state index is 12.1. The Labute approximate surface area is 114 Å². The molecule has 0 radical (unpaired) electrons. The largest absolute Gasteiger partial charge is 0.454 e. The van der Waals surface area contributed by atoms with Gasteiger partial charge in [-0.3, -0.25) is 4.79 Å². The molecular formula is C14H10ClNO3. The van der Waals surface area contributed by atoms with Crippen molar-refractivity contribution in [2.24, 2.45) is 0 Å². The van der Waals surface area contributed by atoms with Gasteiger partial charge < -0.3 is 14.8 Å². The molecule has 2 aromatic rings. The summed E-state index contributed by atoms with van der Waals surface area (Å²) in [7, 11) is 0. The van der Waals surface area contributed by atoms with Gasteiger partial charge in [0.1, 0.15) is 0 Å². The second-order valence-electron chi connectivity index (χ2n) is 4.00.